The number of aromatic nitrogens is 2. The first kappa shape index (κ1) is 31.7. The van der Waals surface area contributed by atoms with Crippen LogP contribution in [0.1, 0.15) is 129 Å². The molecule has 1 saturated heterocycles. The Morgan fingerprint density at radius 2 is 1.32 bits per heavy atom. The average Bonchev–Trinajstić information content (AvgIpc) is 3.16. The molecule has 1 fully saturated rings. The van der Waals surface area contributed by atoms with Crippen LogP contribution in [-0.4, -0.2) is 51.3 Å². The lowest BCUT2D eigenvalue weighted by Crippen LogP contribution is -2.36. The largest absolute Gasteiger partial charge is 0.387 e. The monoisotopic (exact) mass is 523 g/mol. The predicted molar refractivity (Wildman–Crippen MR) is 148 cm³/mol. The van der Waals surface area contributed by atoms with Gasteiger partial charge in [-0.2, -0.15) is 4.98 Å². The number of rotatable bonds is 22. The minimum atomic E-state index is -1.23. The highest BCUT2D eigenvalue weighted by Gasteiger charge is 2.44. The van der Waals surface area contributed by atoms with Gasteiger partial charge >= 0.3 is 5.69 Å². The summed E-state index contributed by atoms with van der Waals surface area (Å²) in [6.45, 7) is 3.04. The van der Waals surface area contributed by atoms with Gasteiger partial charge in [0.1, 0.15) is 24.1 Å². The van der Waals surface area contributed by atoms with Crippen molar-refractivity contribution in [1.82, 2.24) is 9.55 Å². The first-order valence-corrected chi connectivity index (χ1v) is 15.0. The van der Waals surface area contributed by atoms with Crippen LogP contribution in [0.3, 0.4) is 0 Å². The Morgan fingerprint density at radius 1 is 0.838 bits per heavy atom. The van der Waals surface area contributed by atoms with Crippen LogP contribution in [0.2, 0.25) is 0 Å². The van der Waals surface area contributed by atoms with Crippen molar-refractivity contribution in [1.29, 1.82) is 0 Å². The third-order valence-corrected chi connectivity index (χ3v) is 7.39. The molecule has 0 radical (unpaired) electrons. The summed E-state index contributed by atoms with van der Waals surface area (Å²) in [4.78, 5) is 15.6. The lowest BCUT2D eigenvalue weighted by atomic mass is 10.0. The van der Waals surface area contributed by atoms with Crippen molar-refractivity contribution in [3.8, 4) is 0 Å². The standard InChI is InChI=1S/C29H53N3O5/c1-2-3-4-5-6-7-8-9-10-11-12-13-14-15-16-17-18-19-22-36-23-24-26(33)27(34)28(37-24)32-21-20-25(30)31-29(32)35/h20-21,24,26-28,33-34H,2-19,22-23H2,1H3,(H2,30,31,35)/t24-,26-,27+,28-/m1/s1. The molecule has 0 saturated carbocycles. The minimum absolute atomic E-state index is 0.0958. The summed E-state index contributed by atoms with van der Waals surface area (Å²) < 4.78 is 12.5. The molecule has 1 aliphatic rings. The van der Waals surface area contributed by atoms with Crippen LogP contribution < -0.4 is 11.4 Å². The molecule has 1 aliphatic heterocycles. The second-order valence-corrected chi connectivity index (χ2v) is 10.7. The molecule has 1 aromatic heterocycles. The zero-order valence-corrected chi connectivity index (χ0v) is 23.2. The molecule has 0 aromatic carbocycles. The molecule has 8 heteroatoms. The maximum absolute atomic E-state index is 12.0. The van der Waals surface area contributed by atoms with Crippen molar-refractivity contribution >= 4 is 5.82 Å². The summed E-state index contributed by atoms with van der Waals surface area (Å²) in [5.74, 6) is 0.0958. The summed E-state index contributed by atoms with van der Waals surface area (Å²) >= 11 is 0. The summed E-state index contributed by atoms with van der Waals surface area (Å²) in [7, 11) is 0. The Labute approximate surface area is 224 Å². The van der Waals surface area contributed by atoms with E-state index in [-0.39, 0.29) is 12.4 Å². The van der Waals surface area contributed by atoms with Gasteiger partial charge in [0.25, 0.3) is 0 Å². The number of nitrogen functional groups attached to an aromatic ring is 1. The number of aliphatic hydroxyl groups excluding tert-OH is 2. The van der Waals surface area contributed by atoms with Crippen molar-refractivity contribution in [2.24, 2.45) is 0 Å². The van der Waals surface area contributed by atoms with E-state index in [2.05, 4.69) is 11.9 Å². The van der Waals surface area contributed by atoms with Gasteiger partial charge in [0, 0.05) is 12.8 Å². The van der Waals surface area contributed by atoms with Gasteiger partial charge in [0.15, 0.2) is 6.23 Å². The van der Waals surface area contributed by atoms with E-state index in [1.165, 1.54) is 115 Å². The van der Waals surface area contributed by atoms with Gasteiger partial charge in [-0.15, -0.1) is 0 Å². The van der Waals surface area contributed by atoms with Crippen LogP contribution in [0.15, 0.2) is 17.1 Å². The molecule has 4 atom stereocenters. The fourth-order valence-corrected chi connectivity index (χ4v) is 5.02. The number of ether oxygens (including phenoxy) is 2. The lowest BCUT2D eigenvalue weighted by Gasteiger charge is -2.16. The van der Waals surface area contributed by atoms with Gasteiger partial charge in [0.2, 0.25) is 0 Å². The molecule has 2 rings (SSSR count). The van der Waals surface area contributed by atoms with Crippen LogP contribution in [-0.2, 0) is 9.47 Å². The van der Waals surface area contributed by atoms with Gasteiger partial charge in [0.05, 0.1) is 6.61 Å². The zero-order chi connectivity index (χ0) is 26.7. The van der Waals surface area contributed by atoms with E-state index in [1.807, 2.05) is 0 Å². The molecule has 0 amide bonds. The van der Waals surface area contributed by atoms with Crippen LogP contribution in [0.25, 0.3) is 0 Å². The van der Waals surface area contributed by atoms with Gasteiger partial charge in [-0.05, 0) is 12.5 Å². The third kappa shape index (κ3) is 12.7. The van der Waals surface area contributed by atoms with Gasteiger partial charge < -0.3 is 25.4 Å². The Balaban J connectivity index is 1.37. The Hall–Kier alpha value is -1.48. The summed E-state index contributed by atoms with van der Waals surface area (Å²) in [5.41, 5.74) is 4.88. The second-order valence-electron chi connectivity index (χ2n) is 10.7. The molecule has 214 valence electrons. The van der Waals surface area contributed by atoms with E-state index in [9.17, 15) is 15.0 Å². The Morgan fingerprint density at radius 3 is 1.81 bits per heavy atom. The SMILES string of the molecule is CCCCCCCCCCCCCCCCCCCCOC[C@H]1O[C@@H](n2ccc(N)nc2=O)[C@@H](O)[C@@H]1O. The van der Waals surface area contributed by atoms with Crippen molar-refractivity contribution < 1.29 is 19.7 Å². The molecular formula is C29H53N3O5. The fourth-order valence-electron chi connectivity index (χ4n) is 5.02. The van der Waals surface area contributed by atoms with Crippen molar-refractivity contribution in [3.63, 3.8) is 0 Å². The van der Waals surface area contributed by atoms with Crippen molar-refractivity contribution in [2.45, 2.75) is 147 Å². The van der Waals surface area contributed by atoms with E-state index in [0.717, 1.165) is 17.4 Å². The summed E-state index contributed by atoms with van der Waals surface area (Å²) in [5, 5.41) is 20.6. The average molecular weight is 524 g/mol. The smallest absolute Gasteiger partial charge is 0.351 e. The topological polar surface area (TPSA) is 120 Å². The third-order valence-electron chi connectivity index (χ3n) is 7.39. The Bertz CT molecular complexity index is 759. The van der Waals surface area contributed by atoms with Crippen LogP contribution in [0.4, 0.5) is 5.82 Å². The van der Waals surface area contributed by atoms with Crippen LogP contribution in [0, 0.1) is 0 Å². The normalized spacial score (nSPS) is 21.6. The van der Waals surface area contributed by atoms with Gasteiger partial charge in [-0.3, -0.25) is 4.57 Å². The molecule has 0 unspecified atom stereocenters. The van der Waals surface area contributed by atoms with E-state index >= 15 is 0 Å². The molecule has 0 bridgehead atoms. The van der Waals surface area contributed by atoms with Gasteiger partial charge in [-0.25, -0.2) is 4.79 Å². The molecule has 37 heavy (non-hydrogen) atoms. The summed E-state index contributed by atoms with van der Waals surface area (Å²) in [6.07, 6.45) is 21.5. The number of unbranched alkanes of at least 4 members (excludes halogenated alkanes) is 17. The van der Waals surface area contributed by atoms with E-state index in [0.29, 0.717) is 6.61 Å². The molecule has 2 heterocycles. The van der Waals surface area contributed by atoms with Crippen molar-refractivity contribution in [3.05, 3.63) is 22.7 Å². The van der Waals surface area contributed by atoms with E-state index in [4.69, 9.17) is 15.2 Å². The number of aliphatic hydroxyl groups is 2. The molecule has 8 nitrogen and oxygen atoms in total. The Kier molecular flexibility index (Phi) is 16.8. The second kappa shape index (κ2) is 19.6. The molecule has 0 spiro atoms. The fraction of sp³-hybridized carbons (Fsp3) is 0.862. The number of hydrogen-bond donors (Lipinski definition) is 3. The van der Waals surface area contributed by atoms with E-state index < -0.39 is 30.2 Å². The van der Waals surface area contributed by atoms with Crippen LogP contribution >= 0.6 is 0 Å². The highest BCUT2D eigenvalue weighted by atomic mass is 16.6. The minimum Gasteiger partial charge on any atom is -0.387 e. The predicted octanol–water partition coefficient (Wildman–Crippen LogP) is 5.50. The summed E-state index contributed by atoms with van der Waals surface area (Å²) in [6, 6.07) is 1.45. The lowest BCUT2D eigenvalue weighted by molar-refractivity contribution is -0.0686. The maximum atomic E-state index is 12.0. The number of hydrogen-bond acceptors (Lipinski definition) is 7. The highest BCUT2D eigenvalue weighted by Crippen LogP contribution is 2.28. The van der Waals surface area contributed by atoms with Crippen LogP contribution in [0.5, 0.6) is 0 Å². The maximum Gasteiger partial charge on any atom is 0.351 e. The molecular weight excluding hydrogens is 470 g/mol. The number of nitrogens with zero attached hydrogens (tertiary/aromatic N) is 2. The van der Waals surface area contributed by atoms with Gasteiger partial charge in [-0.1, -0.05) is 116 Å². The zero-order valence-electron chi connectivity index (χ0n) is 23.2. The highest BCUT2D eigenvalue weighted by molar-refractivity contribution is 5.23. The first-order chi connectivity index (χ1) is 18.0. The number of anilines is 1. The molecule has 1 aromatic rings. The van der Waals surface area contributed by atoms with E-state index in [1.54, 1.807) is 0 Å². The quantitative estimate of drug-likeness (QED) is 0.172. The van der Waals surface area contributed by atoms with Crippen molar-refractivity contribution in [2.75, 3.05) is 18.9 Å². The first-order valence-electron chi connectivity index (χ1n) is 15.0. The molecule has 0 aliphatic carbocycles. The molecule has 4 N–H and O–H groups in total. The number of nitrogens with two attached hydrogens (primary N) is 1.